The molecule has 2 aliphatic heterocycles. The fraction of sp³-hybridized carbons (Fsp3) is 0.400. The Labute approximate surface area is 207 Å². The van der Waals surface area contributed by atoms with Crippen molar-refractivity contribution in [1.29, 1.82) is 0 Å². The standard InChI is InChI=1S/C25H30N2O4.HI/c1-27(2,22-10-12-30-13-11-22)16-18-4-6-21(7-5-18)26-25(28)20-14-19-15-23(29-3)8-9-24(19)31-17-20;/h4-9,14-15,22H,10-13,16-17H2,1-3H3;1H. The maximum absolute atomic E-state index is 12.7. The van der Waals surface area contributed by atoms with E-state index in [-0.39, 0.29) is 36.5 Å². The van der Waals surface area contributed by atoms with Crippen LogP contribution < -0.4 is 38.8 Å². The first-order valence-corrected chi connectivity index (χ1v) is 10.8. The number of benzene rings is 2. The van der Waals surface area contributed by atoms with Crippen LogP contribution in [0, 0.1) is 0 Å². The first-order valence-electron chi connectivity index (χ1n) is 10.8. The van der Waals surface area contributed by atoms with Crippen molar-refractivity contribution in [2.24, 2.45) is 0 Å². The molecule has 172 valence electrons. The summed E-state index contributed by atoms with van der Waals surface area (Å²) in [6, 6.07) is 14.3. The van der Waals surface area contributed by atoms with Gasteiger partial charge in [0.05, 0.1) is 46.0 Å². The number of ether oxygens (including phenoxy) is 3. The number of quaternary nitrogens is 1. The molecule has 1 saturated heterocycles. The molecule has 0 bridgehead atoms. The molecule has 1 amide bonds. The lowest BCUT2D eigenvalue weighted by Gasteiger charge is -2.40. The summed E-state index contributed by atoms with van der Waals surface area (Å²) in [6.45, 7) is 2.92. The zero-order valence-electron chi connectivity index (χ0n) is 18.9. The summed E-state index contributed by atoms with van der Waals surface area (Å²) in [5.74, 6) is 1.34. The van der Waals surface area contributed by atoms with Gasteiger partial charge in [-0.3, -0.25) is 4.79 Å². The largest absolute Gasteiger partial charge is 1.00 e. The number of anilines is 1. The zero-order valence-corrected chi connectivity index (χ0v) is 21.1. The third-order valence-electron chi connectivity index (χ3n) is 6.20. The Balaban J connectivity index is 0.00000289. The number of amides is 1. The molecule has 0 aromatic heterocycles. The summed E-state index contributed by atoms with van der Waals surface area (Å²) in [5.41, 5.74) is 3.47. The predicted molar refractivity (Wildman–Crippen MR) is 121 cm³/mol. The van der Waals surface area contributed by atoms with Crippen LogP contribution in [-0.4, -0.2) is 57.5 Å². The Morgan fingerprint density at radius 3 is 2.53 bits per heavy atom. The Kier molecular flexibility index (Phi) is 8.19. The van der Waals surface area contributed by atoms with Crippen molar-refractivity contribution in [2.75, 3.05) is 46.3 Å². The summed E-state index contributed by atoms with van der Waals surface area (Å²) in [7, 11) is 6.19. The molecule has 4 rings (SSSR count). The molecule has 2 aromatic carbocycles. The Morgan fingerprint density at radius 1 is 1.12 bits per heavy atom. The van der Waals surface area contributed by atoms with Gasteiger partial charge >= 0.3 is 0 Å². The highest BCUT2D eigenvalue weighted by atomic mass is 127. The van der Waals surface area contributed by atoms with Gasteiger partial charge in [-0.25, -0.2) is 0 Å². The molecule has 0 spiro atoms. The topological polar surface area (TPSA) is 56.8 Å². The van der Waals surface area contributed by atoms with Crippen LogP contribution in [0.2, 0.25) is 0 Å². The number of halogens is 1. The second-order valence-electron chi connectivity index (χ2n) is 8.79. The molecule has 2 heterocycles. The number of rotatable bonds is 6. The first-order chi connectivity index (χ1) is 14.9. The lowest BCUT2D eigenvalue weighted by atomic mass is 10.0. The van der Waals surface area contributed by atoms with E-state index >= 15 is 0 Å². The van der Waals surface area contributed by atoms with Crippen LogP contribution >= 0.6 is 0 Å². The zero-order chi connectivity index (χ0) is 21.8. The van der Waals surface area contributed by atoms with Crippen molar-refractivity contribution in [1.82, 2.24) is 0 Å². The summed E-state index contributed by atoms with van der Waals surface area (Å²) in [6.07, 6.45) is 4.07. The van der Waals surface area contributed by atoms with E-state index in [0.717, 1.165) is 59.8 Å². The molecule has 1 fully saturated rings. The van der Waals surface area contributed by atoms with E-state index in [1.807, 2.05) is 36.4 Å². The number of methoxy groups -OCH3 is 1. The number of carbonyl (C=O) groups excluding carboxylic acids is 1. The van der Waals surface area contributed by atoms with Crippen molar-refractivity contribution in [3.8, 4) is 11.5 Å². The van der Waals surface area contributed by atoms with Crippen LogP contribution in [-0.2, 0) is 16.1 Å². The Morgan fingerprint density at radius 2 is 1.84 bits per heavy atom. The van der Waals surface area contributed by atoms with Crippen molar-refractivity contribution in [2.45, 2.75) is 25.4 Å². The van der Waals surface area contributed by atoms with Gasteiger partial charge in [0.2, 0.25) is 0 Å². The van der Waals surface area contributed by atoms with Crippen LogP contribution in [0.4, 0.5) is 5.69 Å². The molecule has 32 heavy (non-hydrogen) atoms. The third kappa shape index (κ3) is 5.82. The molecular weight excluding hydrogens is 519 g/mol. The monoisotopic (exact) mass is 550 g/mol. The van der Waals surface area contributed by atoms with Gasteiger partial charge in [-0.05, 0) is 36.4 Å². The molecule has 2 aliphatic rings. The van der Waals surface area contributed by atoms with E-state index < -0.39 is 0 Å². The second-order valence-corrected chi connectivity index (χ2v) is 8.79. The average molecular weight is 550 g/mol. The maximum atomic E-state index is 12.7. The summed E-state index contributed by atoms with van der Waals surface area (Å²) in [5, 5.41) is 2.98. The van der Waals surface area contributed by atoms with Crippen molar-refractivity contribution < 1.29 is 47.5 Å². The highest BCUT2D eigenvalue weighted by Gasteiger charge is 2.30. The summed E-state index contributed by atoms with van der Waals surface area (Å²) >= 11 is 0. The number of hydrogen-bond donors (Lipinski definition) is 1. The van der Waals surface area contributed by atoms with E-state index in [2.05, 4.69) is 31.5 Å². The maximum Gasteiger partial charge on any atom is 0.255 e. The van der Waals surface area contributed by atoms with E-state index in [9.17, 15) is 4.79 Å². The molecule has 0 aliphatic carbocycles. The Bertz CT molecular complexity index is 966. The van der Waals surface area contributed by atoms with Crippen LogP contribution in [0.5, 0.6) is 11.5 Å². The van der Waals surface area contributed by atoms with Gasteiger partial charge in [0, 0.05) is 29.7 Å². The smallest absolute Gasteiger partial charge is 0.255 e. The van der Waals surface area contributed by atoms with Crippen LogP contribution in [0.1, 0.15) is 24.0 Å². The molecule has 0 radical (unpaired) electrons. The lowest BCUT2D eigenvalue weighted by Crippen LogP contribution is -3.00. The lowest BCUT2D eigenvalue weighted by molar-refractivity contribution is -0.929. The van der Waals surface area contributed by atoms with Gasteiger partial charge in [-0.1, -0.05) is 12.1 Å². The van der Waals surface area contributed by atoms with Crippen molar-refractivity contribution in [3.05, 3.63) is 59.2 Å². The fourth-order valence-electron chi connectivity index (χ4n) is 4.30. The molecule has 0 atom stereocenters. The molecule has 6 nitrogen and oxygen atoms in total. The molecule has 0 saturated carbocycles. The molecule has 0 unspecified atom stereocenters. The summed E-state index contributed by atoms with van der Waals surface area (Å²) < 4.78 is 17.4. The minimum atomic E-state index is -0.153. The number of nitrogens with zero attached hydrogens (tertiary/aromatic N) is 1. The van der Waals surface area contributed by atoms with E-state index in [4.69, 9.17) is 14.2 Å². The van der Waals surface area contributed by atoms with E-state index in [1.54, 1.807) is 7.11 Å². The van der Waals surface area contributed by atoms with Gasteiger partial charge in [-0.15, -0.1) is 0 Å². The third-order valence-corrected chi connectivity index (χ3v) is 6.20. The Hall–Kier alpha value is -2.10. The average Bonchev–Trinajstić information content (AvgIpc) is 2.80. The normalized spacial score (nSPS) is 16.2. The fourth-order valence-corrected chi connectivity index (χ4v) is 4.30. The first kappa shape index (κ1) is 24.5. The minimum absolute atomic E-state index is 0. The van der Waals surface area contributed by atoms with Gasteiger partial charge in [0.1, 0.15) is 24.7 Å². The molecular formula is C25H31IN2O4. The van der Waals surface area contributed by atoms with Crippen LogP contribution in [0.15, 0.2) is 48.0 Å². The molecule has 2 aromatic rings. The number of carbonyl (C=O) groups is 1. The summed E-state index contributed by atoms with van der Waals surface area (Å²) in [4.78, 5) is 12.7. The highest BCUT2D eigenvalue weighted by molar-refractivity contribution is 6.07. The molecule has 1 N–H and O–H groups in total. The second kappa shape index (κ2) is 10.7. The van der Waals surface area contributed by atoms with Crippen LogP contribution in [0.3, 0.4) is 0 Å². The molecule has 7 heteroatoms. The number of nitrogens with one attached hydrogen (secondary N) is 1. The van der Waals surface area contributed by atoms with Crippen LogP contribution in [0.25, 0.3) is 6.08 Å². The van der Waals surface area contributed by atoms with Gasteiger partial charge < -0.3 is 48.0 Å². The van der Waals surface area contributed by atoms with Gasteiger partial charge in [0.15, 0.2) is 0 Å². The predicted octanol–water partition coefficient (Wildman–Crippen LogP) is 0.869. The minimum Gasteiger partial charge on any atom is -1.00 e. The van der Waals surface area contributed by atoms with Crippen molar-refractivity contribution in [3.63, 3.8) is 0 Å². The van der Waals surface area contributed by atoms with E-state index in [0.29, 0.717) is 11.6 Å². The SMILES string of the molecule is COc1ccc2c(c1)C=C(C(=O)Nc1ccc(C[N+](C)(C)C3CCOCC3)cc1)CO2.[I-]. The highest BCUT2D eigenvalue weighted by Crippen LogP contribution is 2.30. The number of fused-ring (bicyclic) bond motifs is 1. The van der Waals surface area contributed by atoms with Gasteiger partial charge in [0.25, 0.3) is 5.91 Å². The van der Waals surface area contributed by atoms with E-state index in [1.165, 1.54) is 5.56 Å². The van der Waals surface area contributed by atoms with Crippen molar-refractivity contribution >= 4 is 17.7 Å². The quantitative estimate of drug-likeness (QED) is 0.429. The number of hydrogen-bond acceptors (Lipinski definition) is 4. The van der Waals surface area contributed by atoms with Gasteiger partial charge in [-0.2, -0.15) is 0 Å².